The largest absolute Gasteiger partial charge is 0.299 e. The van der Waals surface area contributed by atoms with Crippen LogP contribution in [0, 0.1) is 5.92 Å². The number of nitrogens with zero attached hydrogens (tertiary/aromatic N) is 2. The number of rotatable bonds is 3. The van der Waals surface area contributed by atoms with Gasteiger partial charge in [0.15, 0.2) is 0 Å². The van der Waals surface area contributed by atoms with Gasteiger partial charge in [-0.25, -0.2) is 4.98 Å². The normalized spacial score (nSPS) is 18.9. The zero-order valence-electron chi connectivity index (χ0n) is 11.0. The maximum atomic E-state index is 12.4. The summed E-state index contributed by atoms with van der Waals surface area (Å²) in [6.07, 6.45) is 4.96. The number of benzene rings is 1. The maximum Gasteiger partial charge on any atom is 0.261 e. The third-order valence-electron chi connectivity index (χ3n) is 3.94. The molecule has 4 nitrogen and oxygen atoms in total. The first-order valence-corrected chi connectivity index (χ1v) is 7.62. The van der Waals surface area contributed by atoms with Crippen molar-refractivity contribution in [2.75, 3.05) is 0 Å². The van der Waals surface area contributed by atoms with E-state index in [2.05, 4.69) is 20.9 Å². The number of hydrogen-bond donors (Lipinski definition) is 0. The first-order chi connectivity index (χ1) is 9.65. The molecule has 0 saturated heterocycles. The van der Waals surface area contributed by atoms with E-state index < -0.39 is 0 Å². The summed E-state index contributed by atoms with van der Waals surface area (Å²) >= 11 is 3.37. The quantitative estimate of drug-likeness (QED) is 0.867. The average molecular weight is 335 g/mol. The molecule has 1 unspecified atom stereocenters. The van der Waals surface area contributed by atoms with Gasteiger partial charge in [0.05, 0.1) is 17.2 Å². The van der Waals surface area contributed by atoms with E-state index in [4.69, 9.17) is 0 Å². The van der Waals surface area contributed by atoms with E-state index in [1.807, 2.05) is 12.1 Å². The van der Waals surface area contributed by atoms with Crippen molar-refractivity contribution in [1.29, 1.82) is 0 Å². The molecule has 1 aliphatic rings. The Morgan fingerprint density at radius 2 is 2.20 bits per heavy atom. The van der Waals surface area contributed by atoms with Crippen LogP contribution in [0.15, 0.2) is 33.8 Å². The number of ketones is 1. The molecule has 1 atom stereocenters. The van der Waals surface area contributed by atoms with Crippen molar-refractivity contribution in [3.05, 3.63) is 39.4 Å². The second-order valence-corrected chi connectivity index (χ2v) is 6.16. The third-order valence-corrected chi connectivity index (χ3v) is 4.43. The fraction of sp³-hybridized carbons (Fsp3) is 0.400. The van der Waals surface area contributed by atoms with E-state index >= 15 is 0 Å². The van der Waals surface area contributed by atoms with Crippen LogP contribution >= 0.6 is 15.9 Å². The number of halogens is 1. The molecule has 0 spiro atoms. The van der Waals surface area contributed by atoms with Crippen LogP contribution in [0.5, 0.6) is 0 Å². The summed E-state index contributed by atoms with van der Waals surface area (Å²) in [6, 6.07) is 5.49. The van der Waals surface area contributed by atoms with Crippen molar-refractivity contribution in [1.82, 2.24) is 9.55 Å². The van der Waals surface area contributed by atoms with Gasteiger partial charge < -0.3 is 0 Å². The Balaban J connectivity index is 1.86. The van der Waals surface area contributed by atoms with E-state index in [1.165, 1.54) is 0 Å². The number of Topliss-reactive ketones (excluding diaryl/α,β-unsaturated/α-hetero) is 1. The second-order valence-electron chi connectivity index (χ2n) is 5.25. The minimum Gasteiger partial charge on any atom is -0.299 e. The lowest BCUT2D eigenvalue weighted by Crippen LogP contribution is -2.22. The fourth-order valence-electron chi connectivity index (χ4n) is 2.78. The van der Waals surface area contributed by atoms with Crippen molar-refractivity contribution in [3.8, 4) is 0 Å². The number of fused-ring (bicyclic) bond motifs is 1. The highest BCUT2D eigenvalue weighted by atomic mass is 79.9. The molecule has 1 fully saturated rings. The molecule has 104 valence electrons. The maximum absolute atomic E-state index is 12.4. The monoisotopic (exact) mass is 334 g/mol. The van der Waals surface area contributed by atoms with Gasteiger partial charge in [0.25, 0.3) is 5.56 Å². The highest BCUT2D eigenvalue weighted by molar-refractivity contribution is 9.10. The molecule has 1 aromatic heterocycles. The molecule has 1 aromatic carbocycles. The van der Waals surface area contributed by atoms with Gasteiger partial charge in [-0.05, 0) is 37.5 Å². The number of aromatic nitrogens is 2. The Hall–Kier alpha value is -1.49. The van der Waals surface area contributed by atoms with E-state index in [9.17, 15) is 9.59 Å². The van der Waals surface area contributed by atoms with Crippen LogP contribution in [0.4, 0.5) is 0 Å². The van der Waals surface area contributed by atoms with E-state index in [0.29, 0.717) is 29.7 Å². The standard InChI is InChI=1S/C15H15BrN2O2/c16-11-4-5-13-12(8-11)15(20)18(9-17-13)7-6-10-2-1-3-14(10)19/h4-5,8-10H,1-3,6-7H2. The van der Waals surface area contributed by atoms with Crippen molar-refractivity contribution in [2.45, 2.75) is 32.2 Å². The van der Waals surface area contributed by atoms with Crippen molar-refractivity contribution < 1.29 is 4.79 Å². The highest BCUT2D eigenvalue weighted by Crippen LogP contribution is 2.24. The summed E-state index contributed by atoms with van der Waals surface area (Å²) in [5, 5.41) is 0.611. The minimum absolute atomic E-state index is 0.0401. The van der Waals surface area contributed by atoms with Gasteiger partial charge in [0, 0.05) is 23.4 Å². The molecule has 0 aliphatic heterocycles. The Morgan fingerprint density at radius 3 is 2.95 bits per heavy atom. The SMILES string of the molecule is O=C1CCCC1CCn1cnc2ccc(Br)cc2c1=O. The summed E-state index contributed by atoms with van der Waals surface area (Å²) in [5.41, 5.74) is 0.660. The molecule has 5 heteroatoms. The first kappa shape index (κ1) is 13.5. The van der Waals surface area contributed by atoms with Crippen LogP contribution in [0.2, 0.25) is 0 Å². The summed E-state index contributed by atoms with van der Waals surface area (Å²) in [7, 11) is 0. The molecule has 2 aromatic rings. The molecule has 1 aliphatic carbocycles. The van der Waals surface area contributed by atoms with Gasteiger partial charge in [0.2, 0.25) is 0 Å². The predicted octanol–water partition coefficient (Wildman–Crippen LogP) is 2.92. The number of hydrogen-bond acceptors (Lipinski definition) is 3. The molecular formula is C15H15BrN2O2. The van der Waals surface area contributed by atoms with Crippen LogP contribution in [0.25, 0.3) is 10.9 Å². The summed E-state index contributed by atoms with van der Waals surface area (Å²) in [4.78, 5) is 28.3. The Labute approximate surface area is 125 Å². The summed E-state index contributed by atoms with van der Waals surface area (Å²) in [5.74, 6) is 0.467. The second kappa shape index (κ2) is 5.48. The molecular weight excluding hydrogens is 320 g/mol. The summed E-state index contributed by atoms with van der Waals surface area (Å²) < 4.78 is 2.48. The molecule has 20 heavy (non-hydrogen) atoms. The molecule has 0 radical (unpaired) electrons. The summed E-state index contributed by atoms with van der Waals surface area (Å²) in [6.45, 7) is 0.560. The Kier molecular flexibility index (Phi) is 3.70. The van der Waals surface area contributed by atoms with Gasteiger partial charge in [0.1, 0.15) is 5.78 Å². The lowest BCUT2D eigenvalue weighted by Gasteiger charge is -2.10. The smallest absolute Gasteiger partial charge is 0.261 e. The van der Waals surface area contributed by atoms with Gasteiger partial charge in [-0.2, -0.15) is 0 Å². The predicted molar refractivity (Wildman–Crippen MR) is 80.7 cm³/mol. The zero-order chi connectivity index (χ0) is 14.1. The van der Waals surface area contributed by atoms with Crippen LogP contribution in [0.3, 0.4) is 0 Å². The Bertz CT molecular complexity index is 723. The van der Waals surface area contributed by atoms with E-state index in [0.717, 1.165) is 23.7 Å². The average Bonchev–Trinajstić information content (AvgIpc) is 2.84. The van der Waals surface area contributed by atoms with E-state index in [1.54, 1.807) is 17.0 Å². The van der Waals surface area contributed by atoms with Gasteiger partial charge >= 0.3 is 0 Å². The topological polar surface area (TPSA) is 52.0 Å². The number of carbonyl (C=O) groups is 1. The molecule has 3 rings (SSSR count). The van der Waals surface area contributed by atoms with Crippen molar-refractivity contribution in [2.24, 2.45) is 5.92 Å². The minimum atomic E-state index is -0.0401. The molecule has 0 N–H and O–H groups in total. The van der Waals surface area contributed by atoms with Crippen LogP contribution in [-0.2, 0) is 11.3 Å². The number of aryl methyl sites for hydroxylation is 1. The third kappa shape index (κ3) is 2.54. The number of carbonyl (C=O) groups excluding carboxylic acids is 1. The molecule has 0 amide bonds. The van der Waals surface area contributed by atoms with Crippen LogP contribution in [0.1, 0.15) is 25.7 Å². The van der Waals surface area contributed by atoms with Crippen LogP contribution in [-0.4, -0.2) is 15.3 Å². The lowest BCUT2D eigenvalue weighted by atomic mass is 10.0. The van der Waals surface area contributed by atoms with Crippen molar-refractivity contribution >= 4 is 32.6 Å². The van der Waals surface area contributed by atoms with Gasteiger partial charge in [-0.1, -0.05) is 15.9 Å². The van der Waals surface area contributed by atoms with Crippen molar-refractivity contribution in [3.63, 3.8) is 0 Å². The molecule has 0 bridgehead atoms. The fourth-order valence-corrected chi connectivity index (χ4v) is 3.14. The highest BCUT2D eigenvalue weighted by Gasteiger charge is 2.23. The Morgan fingerprint density at radius 1 is 1.35 bits per heavy atom. The molecule has 1 saturated carbocycles. The van der Waals surface area contributed by atoms with Crippen LogP contribution < -0.4 is 5.56 Å². The van der Waals surface area contributed by atoms with Gasteiger partial charge in [-0.15, -0.1) is 0 Å². The van der Waals surface area contributed by atoms with E-state index in [-0.39, 0.29) is 11.5 Å². The zero-order valence-corrected chi connectivity index (χ0v) is 12.6. The first-order valence-electron chi connectivity index (χ1n) is 6.82. The lowest BCUT2D eigenvalue weighted by molar-refractivity contribution is -0.120. The molecule has 1 heterocycles. The van der Waals surface area contributed by atoms with Gasteiger partial charge in [-0.3, -0.25) is 14.2 Å².